The number of benzene rings is 1. The van der Waals surface area contributed by atoms with Crippen LogP contribution in [-0.4, -0.2) is 42.3 Å². The highest BCUT2D eigenvalue weighted by atomic mass is 16.5. The number of nitrogens with one attached hydrogen (secondary N) is 1. The monoisotopic (exact) mass is 437 g/mol. The molecule has 9 heteroatoms. The van der Waals surface area contributed by atoms with Gasteiger partial charge >= 0.3 is 0 Å². The van der Waals surface area contributed by atoms with Gasteiger partial charge in [-0.3, -0.25) is 9.78 Å². The van der Waals surface area contributed by atoms with Gasteiger partial charge in [0.25, 0.3) is 5.91 Å². The molecule has 1 N–H and O–H groups in total. The van der Waals surface area contributed by atoms with E-state index in [2.05, 4.69) is 25.5 Å². The third kappa shape index (κ3) is 4.11. The van der Waals surface area contributed by atoms with Crippen LogP contribution >= 0.6 is 0 Å². The van der Waals surface area contributed by atoms with Crippen molar-refractivity contribution in [2.45, 2.75) is 6.92 Å². The van der Waals surface area contributed by atoms with E-state index in [-0.39, 0.29) is 5.91 Å². The van der Waals surface area contributed by atoms with Crippen LogP contribution in [0.25, 0.3) is 28.3 Å². The number of pyridine rings is 2. The summed E-state index contributed by atoms with van der Waals surface area (Å²) in [5, 5.41) is 16.0. The molecule has 0 aliphatic carbocycles. The van der Waals surface area contributed by atoms with Gasteiger partial charge in [0.1, 0.15) is 5.56 Å². The lowest BCUT2D eigenvalue weighted by molar-refractivity contribution is 0.102. The highest BCUT2D eigenvalue weighted by Gasteiger charge is 2.14. The molecule has 4 heterocycles. The first-order valence-corrected chi connectivity index (χ1v) is 10.4. The van der Waals surface area contributed by atoms with Gasteiger partial charge in [-0.1, -0.05) is 12.1 Å². The Morgan fingerprint density at radius 2 is 1.76 bits per heavy atom. The lowest BCUT2D eigenvalue weighted by Crippen LogP contribution is -2.14. The summed E-state index contributed by atoms with van der Waals surface area (Å²) in [6, 6.07) is 18.3. The van der Waals surface area contributed by atoms with Crippen LogP contribution in [-0.2, 0) is 0 Å². The van der Waals surface area contributed by atoms with Crippen LogP contribution in [0.5, 0.6) is 5.88 Å². The summed E-state index contributed by atoms with van der Waals surface area (Å²) in [5.74, 6) is 0.663. The van der Waals surface area contributed by atoms with E-state index in [0.717, 1.165) is 16.8 Å². The molecule has 5 aromatic rings. The van der Waals surface area contributed by atoms with Crippen molar-refractivity contribution in [3.63, 3.8) is 0 Å². The quantitative estimate of drug-likeness (QED) is 0.429. The molecule has 0 bridgehead atoms. The minimum Gasteiger partial charge on any atom is -0.477 e. The zero-order valence-electron chi connectivity index (χ0n) is 17.7. The number of rotatable bonds is 6. The number of aromatic nitrogens is 6. The van der Waals surface area contributed by atoms with E-state index in [1.165, 1.54) is 0 Å². The highest BCUT2D eigenvalue weighted by Crippen LogP contribution is 2.23. The molecular formula is C24H19N7O2. The van der Waals surface area contributed by atoms with Gasteiger partial charge in [0.15, 0.2) is 11.5 Å². The predicted molar refractivity (Wildman–Crippen MR) is 123 cm³/mol. The summed E-state index contributed by atoms with van der Waals surface area (Å²) < 4.78 is 7.15. The lowest BCUT2D eigenvalue weighted by atomic mass is 10.1. The number of nitrogens with zero attached hydrogens (tertiary/aromatic N) is 6. The maximum atomic E-state index is 12.7. The third-order valence-electron chi connectivity index (χ3n) is 4.94. The molecule has 5 rings (SSSR count). The zero-order chi connectivity index (χ0) is 22.6. The van der Waals surface area contributed by atoms with Crippen molar-refractivity contribution >= 4 is 17.2 Å². The van der Waals surface area contributed by atoms with E-state index in [1.54, 1.807) is 35.2 Å². The maximum absolute atomic E-state index is 12.7. The highest BCUT2D eigenvalue weighted by molar-refractivity contribution is 6.05. The Kier molecular flexibility index (Phi) is 5.42. The van der Waals surface area contributed by atoms with Gasteiger partial charge in [0.05, 0.1) is 12.3 Å². The first-order chi connectivity index (χ1) is 16.2. The molecule has 0 aliphatic rings. The molecule has 0 fully saturated rings. The van der Waals surface area contributed by atoms with Crippen LogP contribution in [0.2, 0.25) is 0 Å². The minimum atomic E-state index is -0.287. The van der Waals surface area contributed by atoms with Gasteiger partial charge in [-0.2, -0.15) is 9.61 Å². The van der Waals surface area contributed by atoms with E-state index in [9.17, 15) is 4.79 Å². The van der Waals surface area contributed by atoms with E-state index in [1.807, 2.05) is 55.5 Å². The molecule has 1 aromatic carbocycles. The Morgan fingerprint density at radius 3 is 2.55 bits per heavy atom. The second kappa shape index (κ2) is 8.83. The first-order valence-electron chi connectivity index (χ1n) is 10.4. The molecule has 0 aliphatic heterocycles. The largest absolute Gasteiger partial charge is 0.477 e. The van der Waals surface area contributed by atoms with Crippen LogP contribution in [0.1, 0.15) is 17.3 Å². The second-order valence-corrected chi connectivity index (χ2v) is 7.07. The smallest absolute Gasteiger partial charge is 0.261 e. The van der Waals surface area contributed by atoms with Gasteiger partial charge in [-0.15, -0.1) is 10.2 Å². The molecule has 4 aromatic heterocycles. The normalized spacial score (nSPS) is 10.8. The van der Waals surface area contributed by atoms with Gasteiger partial charge in [-0.25, -0.2) is 4.98 Å². The SMILES string of the molecule is CCOc1ncccc1C(=O)Nc1ccc(-c2ccc3nnc(-c4ccncc4)n3n2)cc1. The van der Waals surface area contributed by atoms with Crippen LogP contribution in [0, 0.1) is 0 Å². The van der Waals surface area contributed by atoms with E-state index in [4.69, 9.17) is 9.84 Å². The summed E-state index contributed by atoms with van der Waals surface area (Å²) in [5.41, 5.74) is 4.20. The van der Waals surface area contributed by atoms with Crippen LogP contribution in [0.15, 0.2) is 79.3 Å². The van der Waals surface area contributed by atoms with Crippen molar-refractivity contribution in [1.29, 1.82) is 0 Å². The number of hydrogen-bond acceptors (Lipinski definition) is 7. The lowest BCUT2D eigenvalue weighted by Gasteiger charge is -2.10. The summed E-state index contributed by atoms with van der Waals surface area (Å²) >= 11 is 0. The third-order valence-corrected chi connectivity index (χ3v) is 4.94. The second-order valence-electron chi connectivity index (χ2n) is 7.07. The van der Waals surface area contributed by atoms with Crippen molar-refractivity contribution in [3.05, 3.63) is 84.8 Å². The molecule has 1 amide bonds. The molecule has 0 atom stereocenters. The fourth-order valence-electron chi connectivity index (χ4n) is 3.36. The van der Waals surface area contributed by atoms with Gasteiger partial charge < -0.3 is 10.1 Å². The molecule has 0 saturated carbocycles. The zero-order valence-corrected chi connectivity index (χ0v) is 17.7. The van der Waals surface area contributed by atoms with Crippen molar-refractivity contribution in [2.24, 2.45) is 0 Å². The Bertz CT molecular complexity index is 1420. The minimum absolute atomic E-state index is 0.287. The summed E-state index contributed by atoms with van der Waals surface area (Å²) in [6.45, 7) is 2.28. The van der Waals surface area contributed by atoms with E-state index in [0.29, 0.717) is 35.2 Å². The van der Waals surface area contributed by atoms with E-state index >= 15 is 0 Å². The Balaban J connectivity index is 1.39. The molecule has 162 valence electrons. The van der Waals surface area contributed by atoms with Gasteiger partial charge in [0.2, 0.25) is 5.88 Å². The average Bonchev–Trinajstić information content (AvgIpc) is 3.29. The predicted octanol–water partition coefficient (Wildman–Crippen LogP) is 3.90. The average molecular weight is 437 g/mol. The first kappa shape index (κ1) is 20.3. The van der Waals surface area contributed by atoms with Gasteiger partial charge in [-0.05, 0) is 55.5 Å². The number of carbonyl (C=O) groups excluding carboxylic acids is 1. The van der Waals surface area contributed by atoms with Gasteiger partial charge in [0, 0.05) is 35.4 Å². The van der Waals surface area contributed by atoms with Crippen LogP contribution in [0.3, 0.4) is 0 Å². The Labute approximate surface area is 189 Å². The molecule has 0 spiro atoms. The fraction of sp³-hybridized carbons (Fsp3) is 0.0833. The number of carbonyl (C=O) groups is 1. The molecule has 9 nitrogen and oxygen atoms in total. The summed E-state index contributed by atoms with van der Waals surface area (Å²) in [4.78, 5) is 20.9. The number of ether oxygens (including phenoxy) is 1. The number of hydrogen-bond donors (Lipinski definition) is 1. The molecule has 33 heavy (non-hydrogen) atoms. The standard InChI is InChI=1S/C24H19N7O2/c1-2-33-24-19(4-3-13-26-24)23(32)27-18-7-5-16(6-8-18)20-9-10-21-28-29-22(31(21)30-20)17-11-14-25-15-12-17/h3-15H,2H2,1H3,(H,27,32). The molecule has 0 unspecified atom stereocenters. The van der Waals surface area contributed by atoms with E-state index < -0.39 is 0 Å². The van der Waals surface area contributed by atoms with Crippen molar-refractivity contribution in [2.75, 3.05) is 11.9 Å². The van der Waals surface area contributed by atoms with Crippen LogP contribution < -0.4 is 10.1 Å². The summed E-state index contributed by atoms with van der Waals surface area (Å²) in [7, 11) is 0. The fourth-order valence-corrected chi connectivity index (χ4v) is 3.36. The van der Waals surface area contributed by atoms with Crippen LogP contribution in [0.4, 0.5) is 5.69 Å². The van der Waals surface area contributed by atoms with Crippen molar-refractivity contribution < 1.29 is 9.53 Å². The molecule has 0 radical (unpaired) electrons. The Morgan fingerprint density at radius 1 is 0.939 bits per heavy atom. The molecular weight excluding hydrogens is 418 g/mol. The maximum Gasteiger partial charge on any atom is 0.261 e. The number of fused-ring (bicyclic) bond motifs is 1. The van der Waals surface area contributed by atoms with Crippen molar-refractivity contribution in [3.8, 4) is 28.5 Å². The Hall–Kier alpha value is -4.66. The number of anilines is 1. The molecule has 0 saturated heterocycles. The summed E-state index contributed by atoms with van der Waals surface area (Å²) in [6.07, 6.45) is 5.00. The van der Waals surface area contributed by atoms with Crippen molar-refractivity contribution in [1.82, 2.24) is 29.8 Å². The topological polar surface area (TPSA) is 107 Å². The number of amides is 1.